The van der Waals surface area contributed by atoms with Gasteiger partial charge in [0.05, 0.1) is 16.1 Å². The molecule has 0 N–H and O–H groups in total. The minimum absolute atomic E-state index is 0.0228. The molecule has 1 aliphatic heterocycles. The summed E-state index contributed by atoms with van der Waals surface area (Å²) < 4.78 is 63.4. The van der Waals surface area contributed by atoms with Crippen LogP contribution in [-0.4, -0.2) is 40.1 Å². The lowest BCUT2D eigenvalue weighted by Gasteiger charge is -2.33. The van der Waals surface area contributed by atoms with Gasteiger partial charge in [0.1, 0.15) is 6.34 Å². The van der Waals surface area contributed by atoms with Crippen LogP contribution in [0.4, 0.5) is 22.0 Å². The molecule has 3 nitrogen and oxygen atoms in total. The second-order valence-electron chi connectivity index (χ2n) is 3.23. The average molecular weight is 310 g/mol. The van der Waals surface area contributed by atoms with E-state index in [-0.39, 0.29) is 6.54 Å². The third-order valence-corrected chi connectivity index (χ3v) is 2.55. The van der Waals surface area contributed by atoms with E-state index in [9.17, 15) is 22.0 Å². The van der Waals surface area contributed by atoms with Gasteiger partial charge in [0, 0.05) is 6.54 Å². The van der Waals surface area contributed by atoms with Gasteiger partial charge in [0.25, 0.3) is 0 Å². The molecule has 0 aromatic heterocycles. The number of hydrogen-bond donors (Lipinski definition) is 0. The molecular weight excluding hydrogens is 301 g/mol. The Kier molecular flexibility index (Phi) is 3.65. The maximum atomic E-state index is 13.1. The molecule has 16 heavy (non-hydrogen) atoms. The summed E-state index contributed by atoms with van der Waals surface area (Å²) in [7, 11) is 0. The first-order chi connectivity index (χ1) is 7.21. The predicted octanol–water partition coefficient (Wildman–Crippen LogP) is 2.79. The summed E-state index contributed by atoms with van der Waals surface area (Å²) in [6.07, 6.45) is -6.47. The molecule has 0 saturated heterocycles. The van der Waals surface area contributed by atoms with E-state index in [2.05, 4.69) is 21.2 Å². The molecule has 1 rings (SSSR count). The molecule has 0 fully saturated rings. The Hall–Kier alpha value is -0.600. The SMILES string of the molecule is CCCN1N=CN(Br)C1C(F)(F)C(F)(F)F. The van der Waals surface area contributed by atoms with Crippen molar-refractivity contribution in [2.45, 2.75) is 31.6 Å². The first kappa shape index (κ1) is 13.5. The lowest BCUT2D eigenvalue weighted by Crippen LogP contribution is -2.56. The van der Waals surface area contributed by atoms with Crippen molar-refractivity contribution in [3.8, 4) is 0 Å². The summed E-state index contributed by atoms with van der Waals surface area (Å²) in [6, 6.07) is 0. The van der Waals surface area contributed by atoms with Crippen molar-refractivity contribution in [1.29, 1.82) is 0 Å². The van der Waals surface area contributed by atoms with E-state index in [4.69, 9.17) is 0 Å². The van der Waals surface area contributed by atoms with Crippen molar-refractivity contribution in [3.63, 3.8) is 0 Å². The molecule has 0 bridgehead atoms. The minimum Gasteiger partial charge on any atom is -0.268 e. The lowest BCUT2D eigenvalue weighted by molar-refractivity contribution is -0.309. The summed E-state index contributed by atoms with van der Waals surface area (Å²) in [5.41, 5.74) is 0. The van der Waals surface area contributed by atoms with Crippen LogP contribution in [0.5, 0.6) is 0 Å². The molecule has 0 aliphatic carbocycles. The Morgan fingerprint density at radius 2 is 1.88 bits per heavy atom. The van der Waals surface area contributed by atoms with Crippen molar-refractivity contribution < 1.29 is 22.0 Å². The van der Waals surface area contributed by atoms with Gasteiger partial charge in [-0.3, -0.25) is 8.93 Å². The van der Waals surface area contributed by atoms with E-state index < -0.39 is 18.3 Å². The van der Waals surface area contributed by atoms with Crippen molar-refractivity contribution in [2.24, 2.45) is 5.10 Å². The van der Waals surface area contributed by atoms with Gasteiger partial charge in [-0.05, 0) is 6.42 Å². The molecule has 1 unspecified atom stereocenters. The smallest absolute Gasteiger partial charge is 0.268 e. The van der Waals surface area contributed by atoms with Crippen LogP contribution in [0, 0.1) is 0 Å². The highest BCUT2D eigenvalue weighted by Gasteiger charge is 2.66. The topological polar surface area (TPSA) is 18.8 Å². The normalized spacial score (nSPS) is 22.1. The maximum absolute atomic E-state index is 13.1. The molecule has 0 amide bonds. The van der Waals surface area contributed by atoms with Gasteiger partial charge in [-0.1, -0.05) is 6.92 Å². The van der Waals surface area contributed by atoms with Crippen LogP contribution in [0.25, 0.3) is 0 Å². The van der Waals surface area contributed by atoms with Crippen LogP contribution in [-0.2, 0) is 0 Å². The fraction of sp³-hybridized carbons (Fsp3) is 0.857. The molecule has 0 saturated carbocycles. The zero-order valence-corrected chi connectivity index (χ0v) is 9.76. The molecule has 0 spiro atoms. The fourth-order valence-electron chi connectivity index (χ4n) is 1.27. The molecule has 1 heterocycles. The molecular formula is C7H9BrF5N3. The summed E-state index contributed by atoms with van der Waals surface area (Å²) in [4.78, 5) is 0. The molecule has 0 aromatic carbocycles. The minimum atomic E-state index is -5.61. The molecule has 0 radical (unpaired) electrons. The Morgan fingerprint density at radius 1 is 1.31 bits per heavy atom. The third kappa shape index (κ3) is 2.23. The lowest BCUT2D eigenvalue weighted by atomic mass is 10.2. The maximum Gasteiger partial charge on any atom is 0.457 e. The Bertz CT molecular complexity index is 280. The van der Waals surface area contributed by atoms with Gasteiger partial charge < -0.3 is 0 Å². The number of hydrazone groups is 1. The fourth-order valence-corrected chi connectivity index (χ4v) is 1.82. The van der Waals surface area contributed by atoms with Crippen molar-refractivity contribution in [3.05, 3.63) is 0 Å². The first-order valence-corrected chi connectivity index (χ1v) is 5.12. The number of nitrogens with zero attached hydrogens (tertiary/aromatic N) is 3. The van der Waals surface area contributed by atoms with Crippen LogP contribution in [0.3, 0.4) is 0 Å². The highest BCUT2D eigenvalue weighted by molar-refractivity contribution is 9.07. The first-order valence-electron chi connectivity index (χ1n) is 4.41. The molecule has 1 atom stereocenters. The van der Waals surface area contributed by atoms with Crippen LogP contribution in [0.1, 0.15) is 13.3 Å². The second kappa shape index (κ2) is 4.34. The number of halogens is 6. The third-order valence-electron chi connectivity index (χ3n) is 1.98. The number of rotatable bonds is 3. The zero-order valence-electron chi connectivity index (χ0n) is 8.18. The van der Waals surface area contributed by atoms with E-state index >= 15 is 0 Å². The summed E-state index contributed by atoms with van der Waals surface area (Å²) in [5.74, 6) is -4.86. The average Bonchev–Trinajstić information content (AvgIpc) is 2.46. The van der Waals surface area contributed by atoms with Crippen molar-refractivity contribution >= 4 is 22.5 Å². The Labute approximate surface area is 97.2 Å². The standard InChI is InChI=1S/C7H9BrF5N3/c1-2-3-16-5(15(8)4-14-16)6(9,10)7(11,12)13/h4-5H,2-3H2,1H3. The highest BCUT2D eigenvalue weighted by Crippen LogP contribution is 2.43. The van der Waals surface area contributed by atoms with Gasteiger partial charge in [-0.25, -0.2) is 0 Å². The van der Waals surface area contributed by atoms with Gasteiger partial charge in [-0.15, -0.1) is 0 Å². The van der Waals surface area contributed by atoms with Crippen LogP contribution >= 0.6 is 16.1 Å². The molecule has 94 valence electrons. The molecule has 0 aromatic rings. The Morgan fingerprint density at radius 3 is 2.31 bits per heavy atom. The Balaban J connectivity index is 2.93. The monoisotopic (exact) mass is 309 g/mol. The number of hydrogen-bond acceptors (Lipinski definition) is 3. The van der Waals surface area contributed by atoms with E-state index in [1.165, 1.54) is 0 Å². The summed E-state index contributed by atoms with van der Waals surface area (Å²) >= 11 is 2.61. The van der Waals surface area contributed by atoms with Gasteiger partial charge in [0.2, 0.25) is 6.17 Å². The largest absolute Gasteiger partial charge is 0.457 e. The van der Waals surface area contributed by atoms with Crippen LogP contribution < -0.4 is 0 Å². The van der Waals surface area contributed by atoms with Gasteiger partial charge in [-0.2, -0.15) is 27.1 Å². The summed E-state index contributed by atoms with van der Waals surface area (Å²) in [5, 5.41) is 4.19. The summed E-state index contributed by atoms with van der Waals surface area (Å²) in [6.45, 7) is 1.68. The van der Waals surface area contributed by atoms with Gasteiger partial charge >= 0.3 is 12.1 Å². The quantitative estimate of drug-likeness (QED) is 0.590. The second-order valence-corrected chi connectivity index (χ2v) is 4.05. The van der Waals surface area contributed by atoms with Crippen LogP contribution in [0.2, 0.25) is 0 Å². The van der Waals surface area contributed by atoms with E-state index in [0.717, 1.165) is 6.34 Å². The predicted molar refractivity (Wildman–Crippen MR) is 51.0 cm³/mol. The van der Waals surface area contributed by atoms with E-state index in [1.807, 2.05) is 0 Å². The molecule has 9 heteroatoms. The van der Waals surface area contributed by atoms with Crippen LogP contribution in [0.15, 0.2) is 5.10 Å². The van der Waals surface area contributed by atoms with Crippen molar-refractivity contribution in [1.82, 2.24) is 8.93 Å². The zero-order chi connectivity index (χ0) is 12.6. The van der Waals surface area contributed by atoms with E-state index in [1.54, 1.807) is 6.92 Å². The number of alkyl halides is 5. The van der Waals surface area contributed by atoms with Crippen molar-refractivity contribution in [2.75, 3.05) is 6.54 Å². The van der Waals surface area contributed by atoms with Gasteiger partial charge in [0.15, 0.2) is 0 Å². The highest BCUT2D eigenvalue weighted by atomic mass is 79.9. The molecule has 1 aliphatic rings. The van der Waals surface area contributed by atoms with E-state index in [0.29, 0.717) is 15.4 Å².